The van der Waals surface area contributed by atoms with Crippen molar-refractivity contribution in [2.45, 2.75) is 40.2 Å². The smallest absolute Gasteiger partial charge is 0.221 e. The number of nitrogens with zero attached hydrogens (tertiary/aromatic N) is 2. The SMILES string of the molecule is CCCNC(=O)CCn1c(C)c(C)c(C#N)c1N. The summed E-state index contributed by atoms with van der Waals surface area (Å²) in [5.41, 5.74) is 8.27. The third-order valence-corrected chi connectivity index (χ3v) is 3.12. The van der Waals surface area contributed by atoms with E-state index in [1.165, 1.54) is 0 Å². The number of nitriles is 1. The second-order valence-electron chi connectivity index (χ2n) is 4.33. The van der Waals surface area contributed by atoms with Gasteiger partial charge >= 0.3 is 0 Å². The van der Waals surface area contributed by atoms with E-state index in [1.54, 1.807) is 0 Å². The van der Waals surface area contributed by atoms with Crippen molar-refractivity contribution in [3.63, 3.8) is 0 Å². The highest BCUT2D eigenvalue weighted by molar-refractivity contribution is 5.75. The molecule has 0 fully saturated rings. The van der Waals surface area contributed by atoms with Gasteiger partial charge in [0.15, 0.2) is 0 Å². The molecule has 0 aliphatic heterocycles. The van der Waals surface area contributed by atoms with Crippen LogP contribution in [0.3, 0.4) is 0 Å². The van der Waals surface area contributed by atoms with Gasteiger partial charge < -0.3 is 15.6 Å². The molecule has 5 nitrogen and oxygen atoms in total. The van der Waals surface area contributed by atoms with E-state index in [1.807, 2.05) is 25.3 Å². The molecule has 98 valence electrons. The van der Waals surface area contributed by atoms with Gasteiger partial charge in [0.2, 0.25) is 5.91 Å². The van der Waals surface area contributed by atoms with E-state index in [-0.39, 0.29) is 5.91 Å². The van der Waals surface area contributed by atoms with Crippen molar-refractivity contribution in [1.29, 1.82) is 5.26 Å². The maximum Gasteiger partial charge on any atom is 0.221 e. The Kier molecular flexibility index (Phi) is 4.78. The van der Waals surface area contributed by atoms with E-state index in [2.05, 4.69) is 11.4 Å². The van der Waals surface area contributed by atoms with E-state index < -0.39 is 0 Å². The molecule has 0 radical (unpaired) electrons. The standard InChI is InChI=1S/C13H20N4O/c1-4-6-16-12(18)5-7-17-10(3)9(2)11(8-14)13(17)15/h4-7,15H2,1-3H3,(H,16,18). The molecule has 1 aromatic rings. The second-order valence-corrected chi connectivity index (χ2v) is 4.33. The summed E-state index contributed by atoms with van der Waals surface area (Å²) in [5.74, 6) is 0.469. The van der Waals surface area contributed by atoms with Gasteiger partial charge in [-0.15, -0.1) is 0 Å². The Bertz CT molecular complexity index is 482. The fourth-order valence-corrected chi connectivity index (χ4v) is 1.89. The van der Waals surface area contributed by atoms with Gasteiger partial charge in [-0.25, -0.2) is 0 Å². The maximum atomic E-state index is 11.5. The first-order valence-corrected chi connectivity index (χ1v) is 6.14. The fraction of sp³-hybridized carbons (Fsp3) is 0.538. The Labute approximate surface area is 108 Å². The van der Waals surface area contributed by atoms with Crippen LogP contribution in [0.1, 0.15) is 36.6 Å². The molecule has 0 saturated carbocycles. The first-order chi connectivity index (χ1) is 8.52. The molecule has 5 heteroatoms. The summed E-state index contributed by atoms with van der Waals surface area (Å²) in [4.78, 5) is 11.5. The highest BCUT2D eigenvalue weighted by atomic mass is 16.1. The number of aromatic nitrogens is 1. The minimum atomic E-state index is 0.0144. The normalized spacial score (nSPS) is 10.1. The van der Waals surface area contributed by atoms with Gasteiger partial charge in [-0.05, 0) is 25.8 Å². The second kappa shape index (κ2) is 6.10. The largest absolute Gasteiger partial charge is 0.384 e. The van der Waals surface area contributed by atoms with Crippen molar-refractivity contribution < 1.29 is 4.79 Å². The van der Waals surface area contributed by atoms with Gasteiger partial charge in [-0.1, -0.05) is 6.92 Å². The number of amides is 1. The van der Waals surface area contributed by atoms with Crippen molar-refractivity contribution in [1.82, 2.24) is 9.88 Å². The monoisotopic (exact) mass is 248 g/mol. The van der Waals surface area contributed by atoms with Crippen LogP contribution in [0.2, 0.25) is 0 Å². The average molecular weight is 248 g/mol. The third-order valence-electron chi connectivity index (χ3n) is 3.12. The highest BCUT2D eigenvalue weighted by Crippen LogP contribution is 2.23. The lowest BCUT2D eigenvalue weighted by Crippen LogP contribution is -2.25. The first kappa shape index (κ1) is 14.1. The Balaban J connectivity index is 2.75. The van der Waals surface area contributed by atoms with Gasteiger partial charge in [0.1, 0.15) is 11.9 Å². The lowest BCUT2D eigenvalue weighted by Gasteiger charge is -2.09. The molecule has 18 heavy (non-hydrogen) atoms. The lowest BCUT2D eigenvalue weighted by atomic mass is 10.2. The van der Waals surface area contributed by atoms with Gasteiger partial charge in [0, 0.05) is 25.2 Å². The van der Waals surface area contributed by atoms with Gasteiger partial charge in [0.25, 0.3) is 0 Å². The molecule has 1 aromatic heterocycles. The maximum absolute atomic E-state index is 11.5. The van der Waals surface area contributed by atoms with Crippen LogP contribution in [0.5, 0.6) is 0 Å². The van der Waals surface area contributed by atoms with Crippen molar-refractivity contribution >= 4 is 11.7 Å². The van der Waals surface area contributed by atoms with Crippen LogP contribution in [0, 0.1) is 25.2 Å². The van der Waals surface area contributed by atoms with Crippen LogP contribution in [0.25, 0.3) is 0 Å². The van der Waals surface area contributed by atoms with Crippen LogP contribution in [-0.2, 0) is 11.3 Å². The number of anilines is 1. The van der Waals surface area contributed by atoms with E-state index >= 15 is 0 Å². The number of carbonyl (C=O) groups is 1. The third kappa shape index (κ3) is 2.83. The van der Waals surface area contributed by atoms with Crippen molar-refractivity contribution in [2.75, 3.05) is 12.3 Å². The predicted octanol–water partition coefficient (Wildman–Crippen LogP) is 1.48. The number of hydrogen-bond acceptors (Lipinski definition) is 3. The number of nitrogens with one attached hydrogen (secondary N) is 1. The summed E-state index contributed by atoms with van der Waals surface area (Å²) < 4.78 is 1.83. The van der Waals surface area contributed by atoms with Crippen molar-refractivity contribution in [2.24, 2.45) is 0 Å². The van der Waals surface area contributed by atoms with Crippen LogP contribution >= 0.6 is 0 Å². The summed E-state index contributed by atoms with van der Waals surface area (Å²) >= 11 is 0. The highest BCUT2D eigenvalue weighted by Gasteiger charge is 2.15. The summed E-state index contributed by atoms with van der Waals surface area (Å²) in [5, 5.41) is 11.8. The molecule has 0 aromatic carbocycles. The van der Waals surface area contributed by atoms with E-state index in [4.69, 9.17) is 11.0 Å². The van der Waals surface area contributed by atoms with E-state index in [9.17, 15) is 4.79 Å². The van der Waals surface area contributed by atoms with Crippen LogP contribution in [-0.4, -0.2) is 17.0 Å². The summed E-state index contributed by atoms with van der Waals surface area (Å²) in [6.45, 7) is 7.00. The van der Waals surface area contributed by atoms with Gasteiger partial charge in [-0.2, -0.15) is 5.26 Å². The molecule has 0 atom stereocenters. The Morgan fingerprint density at radius 3 is 2.67 bits per heavy atom. The molecule has 1 rings (SSSR count). The Hall–Kier alpha value is -1.96. The minimum Gasteiger partial charge on any atom is -0.384 e. The number of carbonyl (C=O) groups excluding carboxylic acids is 1. The molecule has 3 N–H and O–H groups in total. The Morgan fingerprint density at radius 1 is 1.50 bits per heavy atom. The summed E-state index contributed by atoms with van der Waals surface area (Å²) in [7, 11) is 0. The lowest BCUT2D eigenvalue weighted by molar-refractivity contribution is -0.121. The summed E-state index contributed by atoms with van der Waals surface area (Å²) in [6.07, 6.45) is 1.30. The number of rotatable bonds is 5. The minimum absolute atomic E-state index is 0.0144. The zero-order chi connectivity index (χ0) is 13.7. The molecule has 0 unspecified atom stereocenters. The predicted molar refractivity (Wildman–Crippen MR) is 71.0 cm³/mol. The van der Waals surface area contributed by atoms with E-state index in [0.29, 0.717) is 30.9 Å². The Morgan fingerprint density at radius 2 is 2.17 bits per heavy atom. The van der Waals surface area contributed by atoms with E-state index in [0.717, 1.165) is 17.7 Å². The molecule has 1 amide bonds. The number of hydrogen-bond donors (Lipinski definition) is 2. The zero-order valence-corrected chi connectivity index (χ0v) is 11.2. The molecule has 0 bridgehead atoms. The topological polar surface area (TPSA) is 83.8 Å². The number of nitrogen functional groups attached to an aromatic ring is 1. The molecule has 0 saturated heterocycles. The van der Waals surface area contributed by atoms with Crippen LogP contribution < -0.4 is 11.1 Å². The quantitative estimate of drug-likeness (QED) is 0.827. The zero-order valence-electron chi connectivity index (χ0n) is 11.2. The summed E-state index contributed by atoms with van der Waals surface area (Å²) in [6, 6.07) is 2.10. The fourth-order valence-electron chi connectivity index (χ4n) is 1.89. The molecule has 0 aliphatic rings. The van der Waals surface area contributed by atoms with Gasteiger partial charge in [0.05, 0.1) is 5.56 Å². The molecule has 0 spiro atoms. The van der Waals surface area contributed by atoms with Crippen molar-refractivity contribution in [3.8, 4) is 6.07 Å². The molecule has 1 heterocycles. The molecular formula is C13H20N4O. The van der Waals surface area contributed by atoms with Crippen LogP contribution in [0.15, 0.2) is 0 Å². The molecule has 0 aliphatic carbocycles. The number of nitrogens with two attached hydrogens (primary N) is 1. The van der Waals surface area contributed by atoms with Crippen LogP contribution in [0.4, 0.5) is 5.82 Å². The average Bonchev–Trinajstić information content (AvgIpc) is 2.56. The first-order valence-electron chi connectivity index (χ1n) is 6.14. The molecular weight excluding hydrogens is 228 g/mol. The van der Waals surface area contributed by atoms with Crippen molar-refractivity contribution in [3.05, 3.63) is 16.8 Å². The van der Waals surface area contributed by atoms with Gasteiger partial charge in [-0.3, -0.25) is 4.79 Å².